The molecule has 0 amide bonds. The maximum absolute atomic E-state index is 13.3. The fourth-order valence-electron chi connectivity index (χ4n) is 2.11. The molecule has 0 bridgehead atoms. The van der Waals surface area contributed by atoms with E-state index in [2.05, 4.69) is 5.09 Å². The van der Waals surface area contributed by atoms with Gasteiger partial charge in [-0.25, -0.2) is 9.65 Å². The van der Waals surface area contributed by atoms with Gasteiger partial charge >= 0.3 is 15.3 Å². The van der Waals surface area contributed by atoms with E-state index in [1.165, 1.54) is 0 Å². The molecule has 1 atom stereocenters. The Morgan fingerprint density at radius 3 is 1.71 bits per heavy atom. The summed E-state index contributed by atoms with van der Waals surface area (Å²) in [6.07, 6.45) is 0. The first-order valence-corrected chi connectivity index (χ1v) is 11.2. The van der Waals surface area contributed by atoms with Crippen molar-refractivity contribution in [2.75, 3.05) is 26.4 Å². The van der Waals surface area contributed by atoms with Gasteiger partial charge in [-0.2, -0.15) is 0 Å². The zero-order chi connectivity index (χ0) is 18.1. The van der Waals surface area contributed by atoms with Gasteiger partial charge in [0.15, 0.2) is 0 Å². The van der Waals surface area contributed by atoms with E-state index in [1.807, 2.05) is 6.07 Å². The molecule has 1 N–H and O–H groups in total. The van der Waals surface area contributed by atoms with Crippen molar-refractivity contribution >= 4 is 15.3 Å². The van der Waals surface area contributed by atoms with Crippen LogP contribution in [0.4, 0.5) is 0 Å². The SMILES string of the molecule is CCOP(=O)(N[C@@H](c1ccccc1)P(=O)(OCC)OCC)OCC. The van der Waals surface area contributed by atoms with E-state index in [1.54, 1.807) is 52.0 Å². The summed E-state index contributed by atoms with van der Waals surface area (Å²) >= 11 is 0. The predicted molar refractivity (Wildman–Crippen MR) is 94.0 cm³/mol. The van der Waals surface area contributed by atoms with E-state index in [4.69, 9.17) is 18.1 Å². The van der Waals surface area contributed by atoms with Crippen LogP contribution in [0.5, 0.6) is 0 Å². The van der Waals surface area contributed by atoms with Gasteiger partial charge in [-0.3, -0.25) is 13.6 Å². The Balaban J connectivity index is 3.27. The molecule has 0 aliphatic rings. The van der Waals surface area contributed by atoms with E-state index in [0.717, 1.165) is 0 Å². The summed E-state index contributed by atoms with van der Waals surface area (Å²) in [5.74, 6) is -0.970. The summed E-state index contributed by atoms with van der Waals surface area (Å²) in [5.41, 5.74) is 0.613. The van der Waals surface area contributed by atoms with Crippen molar-refractivity contribution in [3.63, 3.8) is 0 Å². The molecule has 7 nitrogen and oxygen atoms in total. The lowest BCUT2D eigenvalue weighted by Gasteiger charge is -2.30. The molecule has 0 fully saturated rings. The van der Waals surface area contributed by atoms with Crippen molar-refractivity contribution in [1.82, 2.24) is 5.09 Å². The van der Waals surface area contributed by atoms with Crippen LogP contribution >= 0.6 is 15.3 Å². The van der Waals surface area contributed by atoms with E-state index < -0.39 is 21.1 Å². The van der Waals surface area contributed by atoms with Gasteiger partial charge in [0.1, 0.15) is 5.78 Å². The molecule has 24 heavy (non-hydrogen) atoms. The molecular weight excluding hydrogens is 352 g/mol. The maximum atomic E-state index is 13.3. The average molecular weight is 379 g/mol. The third-order valence-corrected chi connectivity index (χ3v) is 7.20. The molecule has 0 aliphatic heterocycles. The van der Waals surface area contributed by atoms with Crippen molar-refractivity contribution in [2.45, 2.75) is 33.5 Å². The molecule has 0 aliphatic carbocycles. The Morgan fingerprint density at radius 2 is 1.29 bits per heavy atom. The Hall–Kier alpha value is -0.520. The molecule has 0 saturated carbocycles. The first kappa shape index (κ1) is 21.5. The zero-order valence-corrected chi connectivity index (χ0v) is 16.4. The van der Waals surface area contributed by atoms with Crippen LogP contribution in [0.3, 0.4) is 0 Å². The predicted octanol–water partition coefficient (Wildman–Crippen LogP) is 4.72. The third kappa shape index (κ3) is 6.08. The highest BCUT2D eigenvalue weighted by Crippen LogP contribution is 2.63. The van der Waals surface area contributed by atoms with Crippen LogP contribution in [0, 0.1) is 0 Å². The van der Waals surface area contributed by atoms with Crippen LogP contribution < -0.4 is 5.09 Å². The molecule has 0 aromatic heterocycles. The highest BCUT2D eigenvalue weighted by atomic mass is 31.2. The van der Waals surface area contributed by atoms with E-state index >= 15 is 0 Å². The first-order chi connectivity index (χ1) is 11.4. The number of hydrogen-bond acceptors (Lipinski definition) is 6. The van der Waals surface area contributed by atoms with Gasteiger partial charge in [-0.15, -0.1) is 0 Å². The molecule has 9 heteroatoms. The normalized spacial score (nSPS) is 13.8. The summed E-state index contributed by atoms with van der Waals surface area (Å²) in [4.78, 5) is 0. The fourth-order valence-corrected chi connectivity index (χ4v) is 6.08. The maximum Gasteiger partial charge on any atom is 0.406 e. The number of nitrogens with one attached hydrogen (secondary N) is 1. The molecule has 0 saturated heterocycles. The highest BCUT2D eigenvalue weighted by molar-refractivity contribution is 7.57. The van der Waals surface area contributed by atoms with Crippen molar-refractivity contribution in [2.24, 2.45) is 0 Å². The van der Waals surface area contributed by atoms with Gasteiger partial charge < -0.3 is 9.05 Å². The molecule has 0 unspecified atom stereocenters. The summed E-state index contributed by atoms with van der Waals surface area (Å²) in [6, 6.07) is 8.92. The Bertz CT molecular complexity index is 548. The van der Waals surface area contributed by atoms with Gasteiger partial charge in [0.25, 0.3) is 0 Å². The van der Waals surface area contributed by atoms with Crippen LogP contribution in [0.1, 0.15) is 39.0 Å². The molecule has 1 aromatic carbocycles. The van der Waals surface area contributed by atoms with Crippen molar-refractivity contribution in [3.05, 3.63) is 35.9 Å². The molecule has 1 rings (SSSR count). The largest absolute Gasteiger partial charge is 0.406 e. The third-order valence-electron chi connectivity index (χ3n) is 2.93. The quantitative estimate of drug-likeness (QED) is 0.526. The average Bonchev–Trinajstić information content (AvgIpc) is 2.54. The Labute approximate surface area is 144 Å². The van der Waals surface area contributed by atoms with Crippen LogP contribution in [0.25, 0.3) is 0 Å². The van der Waals surface area contributed by atoms with Gasteiger partial charge in [0.05, 0.1) is 26.4 Å². The standard InChI is InChI=1S/C15H27NO6P2/c1-5-19-23(17,20-6-2)15(14-12-10-9-11-13-14)16-24(18,21-7-3)22-8-4/h9-13,15H,5-8H2,1-4H3,(H,16,18)/t15-/m1/s1. The minimum absolute atomic E-state index is 0.180. The van der Waals surface area contributed by atoms with Crippen LogP contribution in [-0.4, -0.2) is 26.4 Å². The van der Waals surface area contributed by atoms with Gasteiger partial charge in [0.2, 0.25) is 0 Å². The minimum Gasteiger partial charge on any atom is -0.308 e. The van der Waals surface area contributed by atoms with Crippen LogP contribution in [-0.2, 0) is 27.2 Å². The molecule has 1 aromatic rings. The molecule has 138 valence electrons. The van der Waals surface area contributed by atoms with Gasteiger partial charge in [-0.1, -0.05) is 30.3 Å². The fraction of sp³-hybridized carbons (Fsp3) is 0.600. The van der Waals surface area contributed by atoms with Gasteiger partial charge in [-0.05, 0) is 33.3 Å². The van der Waals surface area contributed by atoms with Crippen LogP contribution in [0.15, 0.2) is 30.3 Å². The van der Waals surface area contributed by atoms with Gasteiger partial charge in [0, 0.05) is 0 Å². The topological polar surface area (TPSA) is 83.1 Å². The second kappa shape index (κ2) is 10.5. The highest BCUT2D eigenvalue weighted by Gasteiger charge is 2.42. The molecular formula is C15H27NO6P2. The van der Waals surface area contributed by atoms with Crippen molar-refractivity contribution in [1.29, 1.82) is 0 Å². The summed E-state index contributed by atoms with van der Waals surface area (Å²) in [6.45, 7) is 7.59. The minimum atomic E-state index is -3.67. The van der Waals surface area contributed by atoms with E-state index in [-0.39, 0.29) is 26.4 Å². The number of benzene rings is 1. The number of rotatable bonds is 12. The lowest BCUT2D eigenvalue weighted by molar-refractivity contribution is 0.193. The molecule has 0 spiro atoms. The van der Waals surface area contributed by atoms with E-state index in [0.29, 0.717) is 5.56 Å². The zero-order valence-electron chi connectivity index (χ0n) is 14.6. The van der Waals surface area contributed by atoms with Crippen molar-refractivity contribution < 1.29 is 27.2 Å². The number of hydrogen-bond donors (Lipinski definition) is 1. The summed E-state index contributed by atoms with van der Waals surface area (Å²) in [7, 11) is -7.31. The van der Waals surface area contributed by atoms with E-state index in [9.17, 15) is 9.13 Å². The summed E-state index contributed by atoms with van der Waals surface area (Å²) in [5, 5.41) is 2.76. The van der Waals surface area contributed by atoms with Crippen molar-refractivity contribution in [3.8, 4) is 0 Å². The molecule has 0 radical (unpaired) electrons. The second-order valence-corrected chi connectivity index (χ2v) is 8.53. The Morgan fingerprint density at radius 1 is 0.833 bits per heavy atom. The van der Waals surface area contributed by atoms with Crippen LogP contribution in [0.2, 0.25) is 0 Å². The monoisotopic (exact) mass is 379 g/mol. The Kier molecular flexibility index (Phi) is 9.39. The first-order valence-electron chi connectivity index (χ1n) is 8.05. The smallest absolute Gasteiger partial charge is 0.308 e. The lowest BCUT2D eigenvalue weighted by atomic mass is 10.2. The lowest BCUT2D eigenvalue weighted by Crippen LogP contribution is -2.23. The summed E-state index contributed by atoms with van der Waals surface area (Å²) < 4.78 is 47.5. The second-order valence-electron chi connectivity index (χ2n) is 4.65. The molecule has 0 heterocycles.